The lowest BCUT2D eigenvalue weighted by atomic mass is 10.1. The van der Waals surface area contributed by atoms with Crippen molar-refractivity contribution in [3.63, 3.8) is 0 Å². The molecule has 1 atom stereocenters. The van der Waals surface area contributed by atoms with Crippen LogP contribution in [0.25, 0.3) is 11.6 Å². The summed E-state index contributed by atoms with van der Waals surface area (Å²) in [4.78, 5) is 37.2. The molecule has 1 heterocycles. The highest BCUT2D eigenvalue weighted by Crippen LogP contribution is 2.25. The molecule has 2 aromatic rings. The first-order valence-corrected chi connectivity index (χ1v) is 9.79. The van der Waals surface area contributed by atoms with Crippen LogP contribution in [0.3, 0.4) is 0 Å². The normalized spacial score (nSPS) is 12.4. The van der Waals surface area contributed by atoms with Gasteiger partial charge in [-0.05, 0) is 50.8 Å². The van der Waals surface area contributed by atoms with Crippen molar-refractivity contribution in [3.8, 4) is 0 Å². The molecule has 7 heteroatoms. The van der Waals surface area contributed by atoms with Crippen LogP contribution in [0.2, 0.25) is 0 Å². The van der Waals surface area contributed by atoms with Crippen molar-refractivity contribution in [2.45, 2.75) is 39.8 Å². The third-order valence-electron chi connectivity index (χ3n) is 3.67. The number of esters is 1. The number of benzene rings is 1. The largest absolute Gasteiger partial charge is 0.449 e. The second-order valence-corrected chi connectivity index (χ2v) is 7.56. The molecule has 0 fully saturated rings. The number of thiophene rings is 1. The number of rotatable bonds is 6. The number of nitrogens with one attached hydrogen (secondary N) is 2. The molecule has 6 nitrogen and oxygen atoms in total. The van der Waals surface area contributed by atoms with E-state index in [4.69, 9.17) is 4.74 Å². The number of carbonyl (C=O) groups excluding carboxylic acids is 3. The standard InChI is InChI=1S/C21H24N2O4S/c1-13(2)22-21(26)23-19(24)15(4)27-20(25)17(18-9-6-10-28-18)12-16-8-5-7-14(3)11-16/h5-13,15H,1-4H3,(H2,22,23,24,26)/b17-12+/t15-/m1/s1. The van der Waals surface area contributed by atoms with Crippen LogP contribution in [0.4, 0.5) is 4.79 Å². The van der Waals surface area contributed by atoms with E-state index in [0.717, 1.165) is 16.0 Å². The molecular weight excluding hydrogens is 376 g/mol. The molecular formula is C21H24N2O4S. The SMILES string of the molecule is Cc1cccc(/C=C(/C(=O)O[C@H](C)C(=O)NC(=O)NC(C)C)c2cccs2)c1. The summed E-state index contributed by atoms with van der Waals surface area (Å²) in [5, 5.41) is 6.57. The van der Waals surface area contributed by atoms with E-state index >= 15 is 0 Å². The van der Waals surface area contributed by atoms with Crippen LogP contribution >= 0.6 is 11.3 Å². The molecule has 1 aromatic heterocycles. The van der Waals surface area contributed by atoms with Crippen LogP contribution < -0.4 is 10.6 Å². The number of hydrogen-bond donors (Lipinski definition) is 2. The van der Waals surface area contributed by atoms with Gasteiger partial charge >= 0.3 is 12.0 Å². The summed E-state index contributed by atoms with van der Waals surface area (Å²) in [5.74, 6) is -1.32. The van der Waals surface area contributed by atoms with E-state index in [1.54, 1.807) is 19.9 Å². The van der Waals surface area contributed by atoms with Gasteiger partial charge in [-0.15, -0.1) is 11.3 Å². The van der Waals surface area contributed by atoms with Gasteiger partial charge in [0.25, 0.3) is 5.91 Å². The van der Waals surface area contributed by atoms with E-state index in [2.05, 4.69) is 10.6 Å². The fraction of sp³-hybridized carbons (Fsp3) is 0.286. The molecule has 0 aliphatic rings. The fourth-order valence-corrected chi connectivity index (χ4v) is 3.11. The molecule has 0 aliphatic heterocycles. The molecule has 0 spiro atoms. The van der Waals surface area contributed by atoms with Gasteiger partial charge < -0.3 is 10.1 Å². The summed E-state index contributed by atoms with van der Waals surface area (Å²) in [6.45, 7) is 6.94. The number of hydrogen-bond acceptors (Lipinski definition) is 5. The van der Waals surface area contributed by atoms with Crippen molar-refractivity contribution in [1.29, 1.82) is 0 Å². The molecule has 0 saturated heterocycles. The summed E-state index contributed by atoms with van der Waals surface area (Å²) in [7, 11) is 0. The van der Waals surface area contributed by atoms with Crippen molar-refractivity contribution >= 4 is 40.9 Å². The van der Waals surface area contributed by atoms with Gasteiger partial charge in [0.15, 0.2) is 6.10 Å². The molecule has 0 aliphatic carbocycles. The fourth-order valence-electron chi connectivity index (χ4n) is 2.38. The molecule has 0 radical (unpaired) electrons. The number of aryl methyl sites for hydroxylation is 1. The first-order valence-electron chi connectivity index (χ1n) is 8.91. The number of carbonyl (C=O) groups is 3. The number of urea groups is 1. The summed E-state index contributed by atoms with van der Waals surface area (Å²) in [5.41, 5.74) is 2.28. The average molecular weight is 401 g/mol. The van der Waals surface area contributed by atoms with Crippen LogP contribution in [-0.2, 0) is 14.3 Å². The third kappa shape index (κ3) is 6.35. The smallest absolute Gasteiger partial charge is 0.340 e. The van der Waals surface area contributed by atoms with Gasteiger partial charge in [-0.25, -0.2) is 9.59 Å². The van der Waals surface area contributed by atoms with E-state index in [1.807, 2.05) is 48.7 Å². The highest BCUT2D eigenvalue weighted by molar-refractivity contribution is 7.11. The Morgan fingerprint density at radius 3 is 2.46 bits per heavy atom. The maximum absolute atomic E-state index is 12.7. The Morgan fingerprint density at radius 1 is 1.11 bits per heavy atom. The van der Waals surface area contributed by atoms with E-state index < -0.39 is 24.0 Å². The topological polar surface area (TPSA) is 84.5 Å². The minimum atomic E-state index is -1.12. The predicted octanol–water partition coefficient (Wildman–Crippen LogP) is 3.76. The first kappa shape index (κ1) is 21.4. The van der Waals surface area contributed by atoms with Gasteiger partial charge in [-0.3, -0.25) is 10.1 Å². The second kappa shape index (κ2) is 9.85. The van der Waals surface area contributed by atoms with E-state index in [0.29, 0.717) is 5.57 Å². The lowest BCUT2D eigenvalue weighted by molar-refractivity contribution is -0.148. The van der Waals surface area contributed by atoms with Crippen molar-refractivity contribution in [1.82, 2.24) is 10.6 Å². The van der Waals surface area contributed by atoms with Crippen molar-refractivity contribution in [2.24, 2.45) is 0 Å². The van der Waals surface area contributed by atoms with Crippen molar-refractivity contribution in [2.75, 3.05) is 0 Å². The Bertz CT molecular complexity index is 872. The zero-order valence-electron chi connectivity index (χ0n) is 16.3. The van der Waals surface area contributed by atoms with Crippen LogP contribution in [0.5, 0.6) is 0 Å². The zero-order valence-corrected chi connectivity index (χ0v) is 17.1. The Balaban J connectivity index is 2.15. The first-order chi connectivity index (χ1) is 13.3. The van der Waals surface area contributed by atoms with Gasteiger partial charge in [0.2, 0.25) is 0 Å². The van der Waals surface area contributed by atoms with Gasteiger partial charge in [0, 0.05) is 10.9 Å². The molecule has 3 amide bonds. The quantitative estimate of drug-likeness (QED) is 0.571. The average Bonchev–Trinajstić information content (AvgIpc) is 3.13. The van der Waals surface area contributed by atoms with Crippen LogP contribution in [-0.4, -0.2) is 30.1 Å². The maximum atomic E-state index is 12.7. The molecule has 1 aromatic carbocycles. The lowest BCUT2D eigenvalue weighted by Gasteiger charge is -2.15. The highest BCUT2D eigenvalue weighted by atomic mass is 32.1. The lowest BCUT2D eigenvalue weighted by Crippen LogP contribution is -2.46. The minimum absolute atomic E-state index is 0.117. The Morgan fingerprint density at radius 2 is 1.86 bits per heavy atom. The monoisotopic (exact) mass is 400 g/mol. The Kier molecular flexibility index (Phi) is 7.52. The maximum Gasteiger partial charge on any atom is 0.340 e. The van der Waals surface area contributed by atoms with Crippen LogP contribution in [0.1, 0.15) is 36.8 Å². The van der Waals surface area contributed by atoms with Crippen LogP contribution in [0, 0.1) is 6.92 Å². The Labute approximate surface area is 168 Å². The molecule has 0 unspecified atom stereocenters. The summed E-state index contributed by atoms with van der Waals surface area (Å²) in [6, 6.07) is 10.6. The number of ether oxygens (including phenoxy) is 1. The molecule has 0 bridgehead atoms. The van der Waals surface area contributed by atoms with Crippen molar-refractivity contribution < 1.29 is 19.1 Å². The van der Waals surface area contributed by atoms with E-state index in [1.165, 1.54) is 18.3 Å². The molecule has 2 rings (SSSR count). The predicted molar refractivity (Wildman–Crippen MR) is 111 cm³/mol. The van der Waals surface area contributed by atoms with Gasteiger partial charge in [0.1, 0.15) is 0 Å². The van der Waals surface area contributed by atoms with E-state index in [9.17, 15) is 14.4 Å². The minimum Gasteiger partial charge on any atom is -0.449 e. The zero-order chi connectivity index (χ0) is 20.7. The molecule has 148 valence electrons. The van der Waals surface area contributed by atoms with Gasteiger partial charge in [0.05, 0.1) is 5.57 Å². The summed E-state index contributed by atoms with van der Waals surface area (Å²) < 4.78 is 5.31. The van der Waals surface area contributed by atoms with Gasteiger partial charge in [-0.1, -0.05) is 35.9 Å². The third-order valence-corrected chi connectivity index (χ3v) is 4.57. The van der Waals surface area contributed by atoms with E-state index in [-0.39, 0.29) is 6.04 Å². The second-order valence-electron chi connectivity index (χ2n) is 6.61. The van der Waals surface area contributed by atoms with Gasteiger partial charge in [-0.2, -0.15) is 0 Å². The van der Waals surface area contributed by atoms with Crippen LogP contribution in [0.15, 0.2) is 41.8 Å². The molecule has 28 heavy (non-hydrogen) atoms. The van der Waals surface area contributed by atoms with Crippen molar-refractivity contribution in [3.05, 3.63) is 57.8 Å². The Hall–Kier alpha value is -2.93. The summed E-state index contributed by atoms with van der Waals surface area (Å²) >= 11 is 1.40. The number of imide groups is 1. The summed E-state index contributed by atoms with van der Waals surface area (Å²) in [6.07, 6.45) is 0.614. The molecule has 2 N–H and O–H groups in total. The highest BCUT2D eigenvalue weighted by Gasteiger charge is 2.23. The number of amides is 3. The molecule has 0 saturated carbocycles.